The molecule has 1 heterocycles. The summed E-state index contributed by atoms with van der Waals surface area (Å²) in [7, 11) is 4.21. The summed E-state index contributed by atoms with van der Waals surface area (Å²) in [4.78, 5) is 4.61. The first kappa shape index (κ1) is 11.9. The van der Waals surface area contributed by atoms with Crippen molar-refractivity contribution in [3.63, 3.8) is 0 Å². The number of hydrogen-bond acceptors (Lipinski definition) is 3. The van der Waals surface area contributed by atoms with Crippen LogP contribution in [0.5, 0.6) is 0 Å². The molecule has 17 heavy (non-hydrogen) atoms. The Kier molecular flexibility index (Phi) is 3.65. The molecule has 1 saturated heterocycles. The van der Waals surface area contributed by atoms with E-state index in [4.69, 9.17) is 5.26 Å². The van der Waals surface area contributed by atoms with E-state index in [0.717, 1.165) is 24.3 Å². The molecule has 0 aliphatic carbocycles. The topological polar surface area (TPSA) is 30.3 Å². The standard InChI is InChI=1S/C14H19N3/c1-16(2)11-13-7-5-9-17(13)14-8-4-3-6-12(14)10-15/h3-4,6,8,13H,5,7,9,11H2,1-2H3. The molecule has 1 atom stereocenters. The molecule has 1 aliphatic heterocycles. The van der Waals surface area contributed by atoms with E-state index in [1.807, 2.05) is 18.2 Å². The van der Waals surface area contributed by atoms with E-state index in [2.05, 4.69) is 36.0 Å². The molecule has 1 aliphatic rings. The van der Waals surface area contributed by atoms with Crippen molar-refractivity contribution in [3.8, 4) is 6.07 Å². The van der Waals surface area contributed by atoms with Gasteiger partial charge in [-0.3, -0.25) is 0 Å². The van der Waals surface area contributed by atoms with Crippen LogP contribution in [-0.2, 0) is 0 Å². The van der Waals surface area contributed by atoms with Gasteiger partial charge in [-0.15, -0.1) is 0 Å². The van der Waals surface area contributed by atoms with E-state index in [9.17, 15) is 0 Å². The number of likely N-dealkylation sites (N-methyl/N-ethyl adjacent to an activating group) is 1. The zero-order valence-electron chi connectivity index (χ0n) is 10.6. The van der Waals surface area contributed by atoms with Crippen LogP contribution < -0.4 is 4.90 Å². The van der Waals surface area contributed by atoms with Crippen molar-refractivity contribution in [1.82, 2.24) is 4.90 Å². The molecule has 1 aromatic carbocycles. The number of nitrogens with zero attached hydrogens (tertiary/aromatic N) is 3. The zero-order valence-corrected chi connectivity index (χ0v) is 10.6. The molecule has 0 saturated carbocycles. The number of rotatable bonds is 3. The van der Waals surface area contributed by atoms with Gasteiger partial charge in [0.15, 0.2) is 0 Å². The maximum Gasteiger partial charge on any atom is 0.101 e. The van der Waals surface area contributed by atoms with Crippen LogP contribution in [0.3, 0.4) is 0 Å². The summed E-state index contributed by atoms with van der Waals surface area (Å²) in [5.74, 6) is 0. The predicted octanol–water partition coefficient (Wildman–Crippen LogP) is 2.09. The molecule has 1 aromatic rings. The molecular formula is C14H19N3. The third-order valence-electron chi connectivity index (χ3n) is 3.29. The van der Waals surface area contributed by atoms with Crippen LogP contribution >= 0.6 is 0 Å². The van der Waals surface area contributed by atoms with E-state index in [1.165, 1.54) is 12.8 Å². The molecule has 3 nitrogen and oxygen atoms in total. The van der Waals surface area contributed by atoms with Gasteiger partial charge in [0.1, 0.15) is 6.07 Å². The summed E-state index contributed by atoms with van der Waals surface area (Å²) in [5, 5.41) is 9.16. The first-order valence-corrected chi connectivity index (χ1v) is 6.13. The van der Waals surface area contributed by atoms with Crippen molar-refractivity contribution < 1.29 is 0 Å². The second kappa shape index (κ2) is 5.20. The van der Waals surface area contributed by atoms with Crippen molar-refractivity contribution in [2.45, 2.75) is 18.9 Å². The molecule has 0 bridgehead atoms. The van der Waals surface area contributed by atoms with Gasteiger partial charge in [0.05, 0.1) is 11.3 Å². The zero-order chi connectivity index (χ0) is 12.3. The lowest BCUT2D eigenvalue weighted by Crippen LogP contribution is -2.37. The number of benzene rings is 1. The van der Waals surface area contributed by atoms with E-state index >= 15 is 0 Å². The summed E-state index contributed by atoms with van der Waals surface area (Å²) < 4.78 is 0. The lowest BCUT2D eigenvalue weighted by molar-refractivity contribution is 0.372. The van der Waals surface area contributed by atoms with Gasteiger partial charge in [-0.05, 0) is 39.1 Å². The highest BCUT2D eigenvalue weighted by molar-refractivity contribution is 5.60. The van der Waals surface area contributed by atoms with E-state index < -0.39 is 0 Å². The molecular weight excluding hydrogens is 210 g/mol. The Balaban J connectivity index is 2.23. The molecule has 0 amide bonds. The maximum absolute atomic E-state index is 9.16. The molecule has 1 fully saturated rings. The van der Waals surface area contributed by atoms with Gasteiger partial charge in [0, 0.05) is 19.1 Å². The Morgan fingerprint density at radius 2 is 2.18 bits per heavy atom. The van der Waals surface area contributed by atoms with Gasteiger partial charge in [0.2, 0.25) is 0 Å². The van der Waals surface area contributed by atoms with Crippen LogP contribution in [0.2, 0.25) is 0 Å². The van der Waals surface area contributed by atoms with Crippen LogP contribution in [0.15, 0.2) is 24.3 Å². The average Bonchev–Trinajstić information content (AvgIpc) is 2.76. The van der Waals surface area contributed by atoms with Crippen molar-refractivity contribution >= 4 is 5.69 Å². The lowest BCUT2D eigenvalue weighted by Gasteiger charge is -2.29. The molecule has 0 spiro atoms. The number of hydrogen-bond donors (Lipinski definition) is 0. The minimum absolute atomic E-state index is 0.541. The second-order valence-electron chi connectivity index (χ2n) is 4.88. The third-order valence-corrected chi connectivity index (χ3v) is 3.29. The third kappa shape index (κ3) is 2.59. The van der Waals surface area contributed by atoms with Gasteiger partial charge < -0.3 is 9.80 Å². The Bertz CT molecular complexity index is 420. The van der Waals surface area contributed by atoms with Gasteiger partial charge in [-0.2, -0.15) is 5.26 Å². The van der Waals surface area contributed by atoms with E-state index in [0.29, 0.717) is 6.04 Å². The minimum atomic E-state index is 0.541. The first-order valence-electron chi connectivity index (χ1n) is 6.13. The summed E-state index contributed by atoms with van der Waals surface area (Å²) in [6.07, 6.45) is 2.44. The van der Waals surface area contributed by atoms with E-state index in [-0.39, 0.29) is 0 Å². The number of anilines is 1. The van der Waals surface area contributed by atoms with Crippen LogP contribution in [0.1, 0.15) is 18.4 Å². The molecule has 0 aromatic heterocycles. The molecule has 1 unspecified atom stereocenters. The number of nitriles is 1. The van der Waals surface area contributed by atoms with Crippen molar-refractivity contribution in [1.29, 1.82) is 5.26 Å². The summed E-state index contributed by atoms with van der Waals surface area (Å²) in [6.45, 7) is 2.12. The Morgan fingerprint density at radius 1 is 1.41 bits per heavy atom. The summed E-state index contributed by atoms with van der Waals surface area (Å²) in [5.41, 5.74) is 1.89. The van der Waals surface area contributed by atoms with Crippen LogP contribution in [0.25, 0.3) is 0 Å². The predicted molar refractivity (Wildman–Crippen MR) is 70.1 cm³/mol. The fourth-order valence-corrected chi connectivity index (χ4v) is 2.58. The van der Waals surface area contributed by atoms with E-state index in [1.54, 1.807) is 0 Å². The fourth-order valence-electron chi connectivity index (χ4n) is 2.58. The summed E-state index contributed by atoms with van der Waals surface area (Å²) >= 11 is 0. The normalized spacial score (nSPS) is 19.6. The highest BCUT2D eigenvalue weighted by Gasteiger charge is 2.26. The smallest absolute Gasteiger partial charge is 0.101 e. The Labute approximate surface area is 103 Å². The van der Waals surface area contributed by atoms with Crippen molar-refractivity contribution in [2.24, 2.45) is 0 Å². The van der Waals surface area contributed by atoms with Crippen LogP contribution in [0.4, 0.5) is 5.69 Å². The monoisotopic (exact) mass is 229 g/mol. The average molecular weight is 229 g/mol. The maximum atomic E-state index is 9.16. The van der Waals surface area contributed by atoms with Gasteiger partial charge >= 0.3 is 0 Å². The Hall–Kier alpha value is -1.53. The molecule has 3 heteroatoms. The summed E-state index contributed by atoms with van der Waals surface area (Å²) in [6, 6.07) is 10.7. The van der Waals surface area contributed by atoms with Crippen molar-refractivity contribution in [3.05, 3.63) is 29.8 Å². The largest absolute Gasteiger partial charge is 0.366 e. The lowest BCUT2D eigenvalue weighted by atomic mass is 10.1. The quantitative estimate of drug-likeness (QED) is 0.795. The SMILES string of the molecule is CN(C)CC1CCCN1c1ccccc1C#N. The van der Waals surface area contributed by atoms with Crippen LogP contribution in [0, 0.1) is 11.3 Å². The second-order valence-corrected chi connectivity index (χ2v) is 4.88. The van der Waals surface area contributed by atoms with Crippen molar-refractivity contribution in [2.75, 3.05) is 32.1 Å². The van der Waals surface area contributed by atoms with Crippen LogP contribution in [-0.4, -0.2) is 38.1 Å². The molecule has 90 valence electrons. The fraction of sp³-hybridized carbons (Fsp3) is 0.500. The van der Waals surface area contributed by atoms with Gasteiger partial charge in [0.25, 0.3) is 0 Å². The van der Waals surface area contributed by atoms with Gasteiger partial charge in [-0.1, -0.05) is 12.1 Å². The first-order chi connectivity index (χ1) is 8.22. The highest BCUT2D eigenvalue weighted by atomic mass is 15.2. The highest BCUT2D eigenvalue weighted by Crippen LogP contribution is 2.28. The minimum Gasteiger partial charge on any atom is -0.366 e. The molecule has 0 N–H and O–H groups in total. The van der Waals surface area contributed by atoms with Gasteiger partial charge in [-0.25, -0.2) is 0 Å². The number of para-hydroxylation sites is 1. The molecule has 2 rings (SSSR count). The Morgan fingerprint density at radius 3 is 2.88 bits per heavy atom. The molecule has 0 radical (unpaired) electrons.